The molecule has 0 bridgehead atoms. The van der Waals surface area contributed by atoms with E-state index >= 15 is 0 Å². The highest BCUT2D eigenvalue weighted by molar-refractivity contribution is 5.90. The van der Waals surface area contributed by atoms with Crippen molar-refractivity contribution in [2.45, 2.75) is 13.8 Å². The Kier molecular flexibility index (Phi) is 4.14. The first-order valence-corrected chi connectivity index (χ1v) is 5.51. The van der Waals surface area contributed by atoms with E-state index in [9.17, 15) is 9.59 Å². The van der Waals surface area contributed by atoms with E-state index in [2.05, 4.69) is 10.6 Å². The molecule has 0 radical (unpaired) electrons. The van der Waals surface area contributed by atoms with Crippen molar-refractivity contribution in [3.05, 3.63) is 24.3 Å². The van der Waals surface area contributed by atoms with Crippen molar-refractivity contribution in [3.63, 3.8) is 0 Å². The molecule has 0 spiro atoms. The zero-order valence-corrected chi connectivity index (χ0v) is 10.5. The molecule has 0 aliphatic heterocycles. The highest BCUT2D eigenvalue weighted by Gasteiger charge is 2.25. The van der Waals surface area contributed by atoms with Gasteiger partial charge in [0.2, 0.25) is 5.91 Å². The molecule has 0 fully saturated rings. The van der Waals surface area contributed by atoms with E-state index in [1.807, 2.05) is 0 Å². The van der Waals surface area contributed by atoms with Gasteiger partial charge in [-0.05, 0) is 32.0 Å². The van der Waals surface area contributed by atoms with Crippen LogP contribution in [0.4, 0.5) is 16.2 Å². The zero-order valence-electron chi connectivity index (χ0n) is 10.5. The number of benzene rings is 1. The molecule has 0 atom stereocenters. The standard InChI is InChI=1S/C12H18N4O2/c1-12(2,10(14)17)7-15-11(18)16-9-5-3-4-8(13)6-9/h3-6H,7,13H2,1-2H3,(H2,14,17)(H2,15,16,18). The normalized spacial score (nSPS) is 10.8. The number of carbonyl (C=O) groups is 2. The summed E-state index contributed by atoms with van der Waals surface area (Å²) in [5.74, 6) is -0.466. The molecule has 1 rings (SSSR count). The third kappa shape index (κ3) is 3.97. The summed E-state index contributed by atoms with van der Waals surface area (Å²) in [6.07, 6.45) is 0. The van der Waals surface area contributed by atoms with Gasteiger partial charge in [0.05, 0.1) is 5.41 Å². The van der Waals surface area contributed by atoms with Crippen molar-refractivity contribution in [3.8, 4) is 0 Å². The van der Waals surface area contributed by atoms with Gasteiger partial charge in [0.15, 0.2) is 0 Å². The lowest BCUT2D eigenvalue weighted by Gasteiger charge is -2.20. The van der Waals surface area contributed by atoms with Crippen LogP contribution in [0.5, 0.6) is 0 Å². The van der Waals surface area contributed by atoms with Crippen LogP contribution in [0.25, 0.3) is 0 Å². The molecule has 0 saturated carbocycles. The second kappa shape index (κ2) is 5.39. The Balaban J connectivity index is 2.50. The van der Waals surface area contributed by atoms with E-state index in [4.69, 9.17) is 11.5 Å². The molecular weight excluding hydrogens is 232 g/mol. The highest BCUT2D eigenvalue weighted by atomic mass is 16.2. The summed E-state index contributed by atoms with van der Waals surface area (Å²) in [5, 5.41) is 5.19. The number of carbonyl (C=O) groups excluding carboxylic acids is 2. The summed E-state index contributed by atoms with van der Waals surface area (Å²) >= 11 is 0. The van der Waals surface area contributed by atoms with Gasteiger partial charge in [-0.3, -0.25) is 4.79 Å². The van der Waals surface area contributed by atoms with Gasteiger partial charge in [0.1, 0.15) is 0 Å². The van der Waals surface area contributed by atoms with Crippen molar-refractivity contribution in [2.75, 3.05) is 17.6 Å². The predicted molar refractivity (Wildman–Crippen MR) is 70.9 cm³/mol. The van der Waals surface area contributed by atoms with Crippen LogP contribution < -0.4 is 22.1 Å². The van der Waals surface area contributed by atoms with Crippen molar-refractivity contribution in [1.29, 1.82) is 0 Å². The van der Waals surface area contributed by atoms with Crippen LogP contribution in [0.1, 0.15) is 13.8 Å². The molecule has 0 saturated heterocycles. The summed E-state index contributed by atoms with van der Waals surface area (Å²) < 4.78 is 0. The Morgan fingerprint density at radius 1 is 1.33 bits per heavy atom. The number of amides is 3. The molecule has 6 heteroatoms. The minimum Gasteiger partial charge on any atom is -0.399 e. The smallest absolute Gasteiger partial charge is 0.319 e. The molecule has 0 unspecified atom stereocenters. The second-order valence-electron chi connectivity index (χ2n) is 4.68. The van der Waals surface area contributed by atoms with Gasteiger partial charge >= 0.3 is 6.03 Å². The third-order valence-electron chi connectivity index (χ3n) is 2.50. The molecular formula is C12H18N4O2. The number of hydrogen-bond donors (Lipinski definition) is 4. The van der Waals surface area contributed by atoms with Crippen LogP contribution in [-0.2, 0) is 4.79 Å². The first-order chi connectivity index (χ1) is 8.31. The minimum atomic E-state index is -0.785. The molecule has 0 aliphatic carbocycles. The lowest BCUT2D eigenvalue weighted by atomic mass is 9.93. The van der Waals surface area contributed by atoms with Gasteiger partial charge in [0.25, 0.3) is 0 Å². The topological polar surface area (TPSA) is 110 Å². The number of urea groups is 1. The molecule has 6 nitrogen and oxygen atoms in total. The minimum absolute atomic E-state index is 0.163. The van der Waals surface area contributed by atoms with Gasteiger partial charge in [-0.25, -0.2) is 4.79 Å². The largest absolute Gasteiger partial charge is 0.399 e. The average Bonchev–Trinajstić information content (AvgIpc) is 2.26. The van der Waals surface area contributed by atoms with Crippen molar-refractivity contribution < 1.29 is 9.59 Å². The Labute approximate surface area is 106 Å². The van der Waals surface area contributed by atoms with Gasteiger partial charge in [-0.2, -0.15) is 0 Å². The van der Waals surface area contributed by atoms with Gasteiger partial charge < -0.3 is 22.1 Å². The lowest BCUT2D eigenvalue weighted by molar-refractivity contribution is -0.125. The fraction of sp³-hybridized carbons (Fsp3) is 0.333. The summed E-state index contributed by atoms with van der Waals surface area (Å²) in [4.78, 5) is 22.6. The fourth-order valence-electron chi connectivity index (χ4n) is 1.18. The Hall–Kier alpha value is -2.24. The molecule has 0 aliphatic rings. The van der Waals surface area contributed by atoms with Crippen LogP contribution in [-0.4, -0.2) is 18.5 Å². The Morgan fingerprint density at radius 3 is 2.56 bits per heavy atom. The van der Waals surface area contributed by atoms with Crippen molar-refractivity contribution in [1.82, 2.24) is 5.32 Å². The van der Waals surface area contributed by atoms with Gasteiger partial charge in [-0.1, -0.05) is 6.07 Å². The molecule has 98 valence electrons. The number of anilines is 2. The summed E-state index contributed by atoms with van der Waals surface area (Å²) in [6, 6.07) is 6.40. The number of rotatable bonds is 4. The van der Waals surface area contributed by atoms with Gasteiger partial charge in [-0.15, -0.1) is 0 Å². The Morgan fingerprint density at radius 2 is 2.00 bits per heavy atom. The van der Waals surface area contributed by atoms with E-state index in [-0.39, 0.29) is 6.54 Å². The third-order valence-corrected chi connectivity index (χ3v) is 2.50. The average molecular weight is 250 g/mol. The first kappa shape index (κ1) is 13.8. The Bertz CT molecular complexity index is 457. The first-order valence-electron chi connectivity index (χ1n) is 5.51. The molecule has 18 heavy (non-hydrogen) atoms. The zero-order chi connectivity index (χ0) is 13.8. The summed E-state index contributed by atoms with van der Waals surface area (Å²) in [5.41, 5.74) is 11.1. The van der Waals surface area contributed by atoms with E-state index < -0.39 is 17.4 Å². The molecule has 0 heterocycles. The number of nitrogen functional groups attached to an aromatic ring is 1. The van der Waals surface area contributed by atoms with Gasteiger partial charge in [0, 0.05) is 17.9 Å². The van der Waals surface area contributed by atoms with Crippen LogP contribution in [0, 0.1) is 5.41 Å². The number of primary amides is 1. The van der Waals surface area contributed by atoms with E-state index in [0.717, 1.165) is 0 Å². The maximum absolute atomic E-state index is 11.6. The maximum Gasteiger partial charge on any atom is 0.319 e. The van der Waals surface area contributed by atoms with E-state index in [1.54, 1.807) is 38.1 Å². The lowest BCUT2D eigenvalue weighted by Crippen LogP contribution is -2.43. The van der Waals surface area contributed by atoms with Crippen LogP contribution in [0.15, 0.2) is 24.3 Å². The maximum atomic E-state index is 11.6. The van der Waals surface area contributed by atoms with E-state index in [1.165, 1.54) is 0 Å². The quantitative estimate of drug-likeness (QED) is 0.596. The number of hydrogen-bond acceptors (Lipinski definition) is 3. The van der Waals surface area contributed by atoms with Crippen LogP contribution in [0.3, 0.4) is 0 Å². The molecule has 3 amide bonds. The van der Waals surface area contributed by atoms with Crippen LogP contribution in [0.2, 0.25) is 0 Å². The highest BCUT2D eigenvalue weighted by Crippen LogP contribution is 2.13. The predicted octanol–water partition coefficient (Wildman–Crippen LogP) is 0.902. The molecule has 6 N–H and O–H groups in total. The SMILES string of the molecule is CC(C)(CNC(=O)Nc1cccc(N)c1)C(N)=O. The monoisotopic (exact) mass is 250 g/mol. The summed E-state index contributed by atoms with van der Waals surface area (Å²) in [6.45, 7) is 3.49. The molecule has 1 aromatic carbocycles. The molecule has 1 aromatic rings. The van der Waals surface area contributed by atoms with E-state index in [0.29, 0.717) is 11.4 Å². The number of nitrogens with two attached hydrogens (primary N) is 2. The van der Waals surface area contributed by atoms with Crippen molar-refractivity contribution >= 4 is 23.3 Å². The summed E-state index contributed by atoms with van der Waals surface area (Å²) in [7, 11) is 0. The molecule has 0 aromatic heterocycles. The number of nitrogens with one attached hydrogen (secondary N) is 2. The fourth-order valence-corrected chi connectivity index (χ4v) is 1.18. The second-order valence-corrected chi connectivity index (χ2v) is 4.68. The van der Waals surface area contributed by atoms with Crippen molar-refractivity contribution in [2.24, 2.45) is 11.1 Å². The van der Waals surface area contributed by atoms with Crippen LogP contribution >= 0.6 is 0 Å².